The first kappa shape index (κ1) is 17.4. The van der Waals surface area contributed by atoms with Crippen LogP contribution in [0, 0.1) is 0 Å². The molecular weight excluding hydrogens is 362 g/mol. The van der Waals surface area contributed by atoms with Crippen molar-refractivity contribution in [2.24, 2.45) is 7.05 Å². The summed E-state index contributed by atoms with van der Waals surface area (Å²) in [7, 11) is 1.76. The average molecular weight is 381 g/mol. The van der Waals surface area contributed by atoms with Gasteiger partial charge in [0, 0.05) is 30.1 Å². The summed E-state index contributed by atoms with van der Waals surface area (Å²) in [6.07, 6.45) is 2.00. The zero-order chi connectivity index (χ0) is 19.0. The topological polar surface area (TPSA) is 88.9 Å². The normalized spacial score (nSPS) is 13.2. The molecule has 2 N–H and O–H groups in total. The van der Waals surface area contributed by atoms with Gasteiger partial charge in [-0.05, 0) is 36.6 Å². The van der Waals surface area contributed by atoms with Crippen molar-refractivity contribution in [2.45, 2.75) is 26.2 Å². The summed E-state index contributed by atoms with van der Waals surface area (Å²) >= 11 is 1.38. The van der Waals surface area contributed by atoms with Crippen LogP contribution in [-0.4, -0.2) is 26.6 Å². The van der Waals surface area contributed by atoms with Crippen molar-refractivity contribution in [1.29, 1.82) is 0 Å². The van der Waals surface area contributed by atoms with Crippen molar-refractivity contribution in [3.8, 4) is 11.3 Å². The second-order valence-corrected chi connectivity index (χ2v) is 7.27. The van der Waals surface area contributed by atoms with Crippen LogP contribution in [0.5, 0.6) is 0 Å². The van der Waals surface area contributed by atoms with E-state index in [0.717, 1.165) is 41.0 Å². The maximum atomic E-state index is 12.5. The third-order valence-corrected chi connectivity index (χ3v) is 5.30. The molecule has 27 heavy (non-hydrogen) atoms. The molecular formula is C19H19N5O2S. The van der Waals surface area contributed by atoms with Crippen molar-refractivity contribution in [3.05, 3.63) is 46.6 Å². The zero-order valence-electron chi connectivity index (χ0n) is 15.1. The molecule has 1 aliphatic heterocycles. The molecule has 2 amide bonds. The molecule has 8 heteroatoms. The number of hydrogen-bond donors (Lipinski definition) is 2. The predicted molar refractivity (Wildman–Crippen MR) is 105 cm³/mol. The number of carbonyl (C=O) groups excluding carboxylic acids is 2. The van der Waals surface area contributed by atoms with Gasteiger partial charge in [-0.3, -0.25) is 19.6 Å². The Balaban J connectivity index is 1.52. The van der Waals surface area contributed by atoms with Gasteiger partial charge in [0.05, 0.1) is 11.4 Å². The maximum absolute atomic E-state index is 12.5. The van der Waals surface area contributed by atoms with Gasteiger partial charge in [0.2, 0.25) is 5.91 Å². The van der Waals surface area contributed by atoms with Crippen molar-refractivity contribution in [2.75, 3.05) is 10.6 Å². The molecule has 0 spiro atoms. The van der Waals surface area contributed by atoms with Gasteiger partial charge in [0.25, 0.3) is 5.91 Å². The number of anilines is 2. The average Bonchev–Trinajstić information content (AvgIpc) is 3.27. The summed E-state index contributed by atoms with van der Waals surface area (Å²) in [6.45, 7) is 2.00. The number of carbonyl (C=O) groups is 2. The van der Waals surface area contributed by atoms with Crippen LogP contribution in [-0.2, 0) is 24.7 Å². The number of aryl methyl sites for hydroxylation is 3. The summed E-state index contributed by atoms with van der Waals surface area (Å²) in [6, 6.07) is 7.67. The molecule has 1 aromatic carbocycles. The molecule has 0 atom stereocenters. The minimum absolute atomic E-state index is 0.0512. The number of nitrogens with zero attached hydrogens (tertiary/aromatic N) is 3. The molecule has 0 aliphatic carbocycles. The van der Waals surface area contributed by atoms with E-state index in [0.29, 0.717) is 17.2 Å². The van der Waals surface area contributed by atoms with E-state index in [4.69, 9.17) is 0 Å². The molecule has 0 radical (unpaired) electrons. The largest absolute Gasteiger partial charge is 0.326 e. The fraction of sp³-hybridized carbons (Fsp3) is 0.263. The summed E-state index contributed by atoms with van der Waals surface area (Å²) < 4.78 is 1.58. The van der Waals surface area contributed by atoms with Gasteiger partial charge in [-0.1, -0.05) is 13.0 Å². The number of aromatic nitrogens is 3. The van der Waals surface area contributed by atoms with Gasteiger partial charge in [0.1, 0.15) is 5.69 Å². The molecule has 4 rings (SSSR count). The number of hydrogen-bond acceptors (Lipinski definition) is 5. The Kier molecular flexibility index (Phi) is 4.49. The minimum Gasteiger partial charge on any atom is -0.326 e. The Bertz CT molecular complexity index is 1040. The predicted octanol–water partition coefficient (Wildman–Crippen LogP) is 3.24. The number of thiazole rings is 1. The Labute approximate surface area is 160 Å². The fourth-order valence-corrected chi connectivity index (χ4v) is 3.79. The number of benzene rings is 1. The molecule has 0 saturated heterocycles. The second-order valence-electron chi connectivity index (χ2n) is 6.41. The summed E-state index contributed by atoms with van der Waals surface area (Å²) in [4.78, 5) is 28.5. The van der Waals surface area contributed by atoms with Crippen LogP contribution in [0.2, 0.25) is 0 Å². The van der Waals surface area contributed by atoms with Crippen LogP contribution in [0.15, 0.2) is 29.6 Å². The smallest absolute Gasteiger partial charge is 0.275 e. The van der Waals surface area contributed by atoms with Crippen LogP contribution >= 0.6 is 11.3 Å². The lowest BCUT2D eigenvalue weighted by atomic mass is 9.99. The quantitative estimate of drug-likeness (QED) is 0.726. The zero-order valence-corrected chi connectivity index (χ0v) is 15.9. The van der Waals surface area contributed by atoms with E-state index in [1.54, 1.807) is 17.8 Å². The van der Waals surface area contributed by atoms with Crippen LogP contribution < -0.4 is 10.6 Å². The summed E-state index contributed by atoms with van der Waals surface area (Å²) in [5.41, 5.74) is 5.12. The number of rotatable bonds is 4. The van der Waals surface area contributed by atoms with Crippen LogP contribution in [0.25, 0.3) is 11.3 Å². The number of nitrogens with one attached hydrogen (secondary N) is 2. The highest BCUT2D eigenvalue weighted by Gasteiger charge is 2.17. The molecule has 138 valence electrons. The van der Waals surface area contributed by atoms with E-state index in [-0.39, 0.29) is 11.8 Å². The number of fused-ring (bicyclic) bond motifs is 1. The molecule has 0 saturated carbocycles. The SMILES string of the molecule is CCc1cc(C(=O)Nc2nc(-c3ccc4c(c3)CCC(=O)N4)cs2)n(C)n1. The van der Waals surface area contributed by atoms with E-state index in [2.05, 4.69) is 20.7 Å². The summed E-state index contributed by atoms with van der Waals surface area (Å²) in [5, 5.41) is 12.5. The van der Waals surface area contributed by atoms with Crippen LogP contribution in [0.4, 0.5) is 10.8 Å². The van der Waals surface area contributed by atoms with Gasteiger partial charge in [-0.25, -0.2) is 4.98 Å². The Morgan fingerprint density at radius 3 is 2.96 bits per heavy atom. The Morgan fingerprint density at radius 2 is 2.19 bits per heavy atom. The fourth-order valence-electron chi connectivity index (χ4n) is 3.08. The first-order chi connectivity index (χ1) is 13.0. The monoisotopic (exact) mass is 381 g/mol. The Morgan fingerprint density at radius 1 is 1.33 bits per heavy atom. The minimum atomic E-state index is -0.223. The molecule has 3 heterocycles. The third kappa shape index (κ3) is 3.48. The molecule has 0 bridgehead atoms. The van der Waals surface area contributed by atoms with E-state index in [1.807, 2.05) is 30.5 Å². The highest BCUT2D eigenvalue weighted by atomic mass is 32.1. The molecule has 0 unspecified atom stereocenters. The summed E-state index contributed by atoms with van der Waals surface area (Å²) in [5.74, 6) is -0.172. The van der Waals surface area contributed by atoms with E-state index in [9.17, 15) is 9.59 Å². The van der Waals surface area contributed by atoms with Gasteiger partial charge in [-0.15, -0.1) is 11.3 Å². The van der Waals surface area contributed by atoms with Crippen molar-refractivity contribution in [1.82, 2.24) is 14.8 Å². The standard InChI is InChI=1S/C19H19N5O2S/c1-3-13-9-16(24(2)23-13)18(26)22-19-21-15(10-27-19)12-4-6-14-11(8-12)5-7-17(25)20-14/h4,6,8-10H,3,5,7H2,1-2H3,(H,20,25)(H,21,22,26). The lowest BCUT2D eigenvalue weighted by Gasteiger charge is -2.17. The van der Waals surface area contributed by atoms with E-state index >= 15 is 0 Å². The third-order valence-electron chi connectivity index (χ3n) is 4.55. The first-order valence-electron chi connectivity index (χ1n) is 8.76. The van der Waals surface area contributed by atoms with E-state index in [1.165, 1.54) is 11.3 Å². The highest BCUT2D eigenvalue weighted by molar-refractivity contribution is 7.14. The second kappa shape index (κ2) is 6.96. The molecule has 7 nitrogen and oxygen atoms in total. The van der Waals surface area contributed by atoms with Crippen molar-refractivity contribution < 1.29 is 9.59 Å². The van der Waals surface area contributed by atoms with Gasteiger partial charge < -0.3 is 5.32 Å². The van der Waals surface area contributed by atoms with Crippen molar-refractivity contribution in [3.63, 3.8) is 0 Å². The first-order valence-corrected chi connectivity index (χ1v) is 9.64. The molecule has 2 aromatic heterocycles. The van der Waals surface area contributed by atoms with Gasteiger partial charge in [-0.2, -0.15) is 5.10 Å². The van der Waals surface area contributed by atoms with Crippen LogP contribution in [0.1, 0.15) is 35.1 Å². The lowest BCUT2D eigenvalue weighted by molar-refractivity contribution is -0.116. The Hall–Kier alpha value is -3.00. The van der Waals surface area contributed by atoms with Gasteiger partial charge >= 0.3 is 0 Å². The molecule has 3 aromatic rings. The molecule has 0 fully saturated rings. The number of amides is 2. The van der Waals surface area contributed by atoms with Crippen molar-refractivity contribution >= 4 is 34.0 Å². The maximum Gasteiger partial charge on any atom is 0.275 e. The van der Waals surface area contributed by atoms with E-state index < -0.39 is 0 Å². The molecule has 1 aliphatic rings. The highest BCUT2D eigenvalue weighted by Crippen LogP contribution is 2.30. The van der Waals surface area contributed by atoms with Gasteiger partial charge in [0.15, 0.2) is 5.13 Å². The van der Waals surface area contributed by atoms with Crippen LogP contribution in [0.3, 0.4) is 0 Å². The lowest BCUT2D eigenvalue weighted by Crippen LogP contribution is -2.18.